The van der Waals surface area contributed by atoms with Crippen LogP contribution in [0.3, 0.4) is 0 Å². The maximum absolute atomic E-state index is 12.1. The van der Waals surface area contributed by atoms with Gasteiger partial charge in [0.2, 0.25) is 0 Å². The highest BCUT2D eigenvalue weighted by molar-refractivity contribution is 5.79. The Bertz CT molecular complexity index is 488. The first-order valence-corrected chi connectivity index (χ1v) is 4.09. The zero-order valence-corrected chi connectivity index (χ0v) is 7.49. The zero-order valence-electron chi connectivity index (χ0n) is 7.49. The molecule has 0 saturated carbocycles. The van der Waals surface area contributed by atoms with Gasteiger partial charge in [0.15, 0.2) is 0 Å². The predicted molar refractivity (Wildman–Crippen MR) is 48.0 cm³/mol. The Morgan fingerprint density at radius 2 is 2.07 bits per heavy atom. The number of hydrogen-bond acceptors (Lipinski definition) is 3. The number of aromatic nitrogens is 3. The number of anilines is 1. The van der Waals surface area contributed by atoms with Crippen molar-refractivity contribution in [2.75, 3.05) is 5.73 Å². The van der Waals surface area contributed by atoms with Gasteiger partial charge in [0.05, 0.1) is 11.7 Å². The molecule has 0 radical (unpaired) electrons. The minimum absolute atomic E-state index is 0.173. The van der Waals surface area contributed by atoms with E-state index in [1.54, 1.807) is 0 Å². The van der Waals surface area contributed by atoms with Gasteiger partial charge < -0.3 is 5.73 Å². The number of halogens is 3. The summed E-state index contributed by atoms with van der Waals surface area (Å²) in [6.45, 7) is -1.13. The molecular formula is C8H7F3N4. The van der Waals surface area contributed by atoms with Gasteiger partial charge in [-0.15, -0.1) is 0 Å². The second-order valence-electron chi connectivity index (χ2n) is 3.09. The van der Waals surface area contributed by atoms with Crippen LogP contribution in [0.4, 0.5) is 19.0 Å². The third-order valence-electron chi connectivity index (χ3n) is 1.88. The predicted octanol–water partition coefficient (Wildman–Crippen LogP) is 1.58. The van der Waals surface area contributed by atoms with Crippen LogP contribution in [-0.4, -0.2) is 20.9 Å². The van der Waals surface area contributed by atoms with Crippen LogP contribution in [0.5, 0.6) is 0 Å². The Balaban J connectivity index is 2.48. The van der Waals surface area contributed by atoms with Gasteiger partial charge in [-0.3, -0.25) is 4.68 Å². The van der Waals surface area contributed by atoms with E-state index in [-0.39, 0.29) is 5.82 Å². The maximum Gasteiger partial charge on any atom is 0.408 e. The van der Waals surface area contributed by atoms with Crippen LogP contribution in [0, 0.1) is 0 Å². The van der Waals surface area contributed by atoms with Crippen LogP contribution in [0.1, 0.15) is 0 Å². The van der Waals surface area contributed by atoms with Gasteiger partial charge in [0.1, 0.15) is 12.4 Å². The van der Waals surface area contributed by atoms with E-state index in [1.807, 2.05) is 0 Å². The van der Waals surface area contributed by atoms with Crippen molar-refractivity contribution in [3.8, 4) is 0 Å². The summed E-state index contributed by atoms with van der Waals surface area (Å²) in [4.78, 5) is 3.76. The van der Waals surface area contributed by atoms with Gasteiger partial charge in [0, 0.05) is 17.6 Å². The van der Waals surface area contributed by atoms with Crippen molar-refractivity contribution >= 4 is 16.7 Å². The molecule has 0 aromatic carbocycles. The molecule has 0 aliphatic heterocycles. The monoisotopic (exact) mass is 216 g/mol. The Kier molecular flexibility index (Phi) is 2.02. The Hall–Kier alpha value is -1.79. The van der Waals surface area contributed by atoms with E-state index >= 15 is 0 Å². The molecule has 0 atom stereocenters. The van der Waals surface area contributed by atoms with E-state index in [4.69, 9.17) is 5.73 Å². The van der Waals surface area contributed by atoms with Crippen LogP contribution in [0.15, 0.2) is 18.5 Å². The topological polar surface area (TPSA) is 56.7 Å². The summed E-state index contributed by atoms with van der Waals surface area (Å²) < 4.78 is 37.3. The van der Waals surface area contributed by atoms with E-state index in [9.17, 15) is 13.2 Å². The highest BCUT2D eigenvalue weighted by Gasteiger charge is 2.29. The van der Waals surface area contributed by atoms with Crippen molar-refractivity contribution in [2.24, 2.45) is 0 Å². The summed E-state index contributed by atoms with van der Waals surface area (Å²) in [6.07, 6.45) is -1.57. The quantitative estimate of drug-likeness (QED) is 0.787. The van der Waals surface area contributed by atoms with Gasteiger partial charge in [-0.05, 0) is 0 Å². The van der Waals surface area contributed by atoms with E-state index < -0.39 is 12.7 Å². The van der Waals surface area contributed by atoms with Crippen LogP contribution in [0.25, 0.3) is 10.9 Å². The second-order valence-corrected chi connectivity index (χ2v) is 3.09. The molecule has 0 unspecified atom stereocenters. The summed E-state index contributed by atoms with van der Waals surface area (Å²) in [6, 6.07) is 1.37. The average Bonchev–Trinajstić information content (AvgIpc) is 2.46. The SMILES string of the molecule is Nc1cc2c(cn1)cnn2CC(F)(F)F. The number of hydrogen-bond donors (Lipinski definition) is 1. The number of alkyl halides is 3. The van der Waals surface area contributed by atoms with E-state index in [1.165, 1.54) is 18.5 Å². The molecule has 0 aliphatic rings. The molecule has 0 fully saturated rings. The van der Waals surface area contributed by atoms with Gasteiger partial charge in [-0.25, -0.2) is 4.98 Å². The minimum Gasteiger partial charge on any atom is -0.384 e. The Morgan fingerprint density at radius 1 is 1.33 bits per heavy atom. The standard InChI is InChI=1S/C8H7F3N4/c9-8(10,11)4-15-6-1-7(12)13-2-5(6)3-14-15/h1-3H,4H2,(H2,12,13). The molecular weight excluding hydrogens is 209 g/mol. The molecule has 0 spiro atoms. The number of fused-ring (bicyclic) bond motifs is 1. The lowest BCUT2D eigenvalue weighted by molar-refractivity contribution is -0.141. The van der Waals surface area contributed by atoms with Crippen molar-refractivity contribution in [3.05, 3.63) is 18.5 Å². The molecule has 2 heterocycles. The largest absolute Gasteiger partial charge is 0.408 e. The number of nitrogen functional groups attached to an aromatic ring is 1. The van der Waals surface area contributed by atoms with E-state index in [0.717, 1.165) is 4.68 Å². The van der Waals surface area contributed by atoms with Crippen molar-refractivity contribution in [1.29, 1.82) is 0 Å². The summed E-state index contributed by atoms with van der Waals surface area (Å²) in [7, 11) is 0. The van der Waals surface area contributed by atoms with Crippen LogP contribution in [-0.2, 0) is 6.54 Å². The molecule has 4 nitrogen and oxygen atoms in total. The molecule has 15 heavy (non-hydrogen) atoms. The van der Waals surface area contributed by atoms with Gasteiger partial charge in [0.25, 0.3) is 0 Å². The normalized spacial score (nSPS) is 12.2. The van der Waals surface area contributed by atoms with Crippen LogP contribution >= 0.6 is 0 Å². The minimum atomic E-state index is -4.29. The number of rotatable bonds is 1. The second kappa shape index (κ2) is 3.11. The summed E-state index contributed by atoms with van der Waals surface area (Å²) >= 11 is 0. The van der Waals surface area contributed by atoms with Gasteiger partial charge in [-0.1, -0.05) is 0 Å². The van der Waals surface area contributed by atoms with E-state index in [2.05, 4.69) is 10.1 Å². The lowest BCUT2D eigenvalue weighted by Gasteiger charge is -2.07. The summed E-state index contributed by atoms with van der Waals surface area (Å²) in [5.41, 5.74) is 5.72. The molecule has 0 amide bonds. The number of pyridine rings is 1. The first-order valence-electron chi connectivity index (χ1n) is 4.09. The molecule has 7 heteroatoms. The maximum atomic E-state index is 12.1. The molecule has 0 saturated heterocycles. The third kappa shape index (κ3) is 2.00. The van der Waals surface area contributed by atoms with E-state index in [0.29, 0.717) is 10.9 Å². The van der Waals surface area contributed by atoms with Crippen molar-refractivity contribution < 1.29 is 13.2 Å². The molecule has 2 N–H and O–H groups in total. The molecule has 0 bridgehead atoms. The fourth-order valence-corrected chi connectivity index (χ4v) is 1.28. The molecule has 80 valence electrons. The molecule has 2 aromatic rings. The van der Waals surface area contributed by atoms with Crippen LogP contribution < -0.4 is 5.73 Å². The zero-order chi connectivity index (χ0) is 11.1. The Labute approximate surface area is 82.5 Å². The lowest BCUT2D eigenvalue weighted by Crippen LogP contribution is -2.18. The highest BCUT2D eigenvalue weighted by atomic mass is 19.4. The van der Waals surface area contributed by atoms with Crippen molar-refractivity contribution in [1.82, 2.24) is 14.8 Å². The van der Waals surface area contributed by atoms with Crippen molar-refractivity contribution in [3.63, 3.8) is 0 Å². The first kappa shape index (κ1) is 9.75. The first-order chi connectivity index (χ1) is 6.96. The number of nitrogens with two attached hydrogens (primary N) is 1. The molecule has 2 aromatic heterocycles. The number of nitrogens with zero attached hydrogens (tertiary/aromatic N) is 3. The highest BCUT2D eigenvalue weighted by Crippen LogP contribution is 2.21. The molecule has 0 aliphatic carbocycles. The third-order valence-corrected chi connectivity index (χ3v) is 1.88. The molecule has 2 rings (SSSR count). The fraction of sp³-hybridized carbons (Fsp3) is 0.250. The fourth-order valence-electron chi connectivity index (χ4n) is 1.28. The van der Waals surface area contributed by atoms with Gasteiger partial charge in [-0.2, -0.15) is 18.3 Å². The Morgan fingerprint density at radius 3 is 2.73 bits per heavy atom. The summed E-state index contributed by atoms with van der Waals surface area (Å²) in [5.74, 6) is 0.173. The van der Waals surface area contributed by atoms with Gasteiger partial charge >= 0.3 is 6.18 Å². The average molecular weight is 216 g/mol. The van der Waals surface area contributed by atoms with Crippen LogP contribution in [0.2, 0.25) is 0 Å². The summed E-state index contributed by atoms with van der Waals surface area (Å²) in [5, 5.41) is 4.16. The smallest absolute Gasteiger partial charge is 0.384 e. The lowest BCUT2D eigenvalue weighted by atomic mass is 10.3. The van der Waals surface area contributed by atoms with Crippen molar-refractivity contribution in [2.45, 2.75) is 12.7 Å².